The summed E-state index contributed by atoms with van der Waals surface area (Å²) in [6.07, 6.45) is 5.33. The van der Waals surface area contributed by atoms with Gasteiger partial charge in [-0.3, -0.25) is 19.2 Å². The molecule has 0 aliphatic carbocycles. The predicted octanol–water partition coefficient (Wildman–Crippen LogP) is -0.661. The number of likely N-dealkylation sites (N-methyl/N-ethyl adjacent to an activating group) is 4. The minimum absolute atomic E-state index is 0.0132. The first-order valence-corrected chi connectivity index (χ1v) is 11.4. The second-order valence-electron chi connectivity index (χ2n) is 7.66. The van der Waals surface area contributed by atoms with E-state index in [1.807, 2.05) is 0 Å². The molecule has 188 valence electrons. The second-order valence-corrected chi connectivity index (χ2v) is 7.66. The van der Waals surface area contributed by atoms with E-state index >= 15 is 0 Å². The minimum Gasteiger partial charge on any atom is -0.355 e. The number of Topliss-reactive ketones (excluding diaryl/α,β-unsaturated/α-hetero) is 2. The van der Waals surface area contributed by atoms with Crippen LogP contribution in [0.15, 0.2) is 0 Å². The zero-order chi connectivity index (χ0) is 24.8. The van der Waals surface area contributed by atoms with Crippen molar-refractivity contribution in [3.8, 4) is 0 Å². The Morgan fingerprint density at radius 2 is 0.938 bits per heavy atom. The van der Waals surface area contributed by atoms with Gasteiger partial charge in [-0.05, 0) is 80.6 Å². The van der Waals surface area contributed by atoms with Crippen molar-refractivity contribution >= 4 is 23.4 Å². The molecule has 0 fully saturated rings. The summed E-state index contributed by atoms with van der Waals surface area (Å²) in [5.74, 6) is 0.363. The van der Waals surface area contributed by atoms with E-state index in [9.17, 15) is 19.2 Å². The summed E-state index contributed by atoms with van der Waals surface area (Å²) in [5, 5.41) is 17.1. The van der Waals surface area contributed by atoms with Gasteiger partial charge in [0.05, 0.1) is 25.2 Å². The van der Waals surface area contributed by atoms with Gasteiger partial charge in [-0.1, -0.05) is 0 Å². The van der Waals surface area contributed by atoms with E-state index < -0.39 is 0 Å². The van der Waals surface area contributed by atoms with E-state index in [2.05, 4.69) is 31.9 Å². The van der Waals surface area contributed by atoms with Crippen molar-refractivity contribution in [2.45, 2.75) is 64.5 Å². The molecule has 0 aromatic heterocycles. The van der Waals surface area contributed by atoms with Gasteiger partial charge in [-0.25, -0.2) is 0 Å². The molecule has 10 heteroatoms. The molecule has 2 unspecified atom stereocenters. The van der Waals surface area contributed by atoms with Crippen LogP contribution in [0.5, 0.6) is 0 Å². The highest BCUT2D eigenvalue weighted by Crippen LogP contribution is 2.01. The van der Waals surface area contributed by atoms with E-state index in [4.69, 9.17) is 0 Å². The smallest absolute Gasteiger partial charge is 0.233 e. The average Bonchev–Trinajstić information content (AvgIpc) is 2.73. The fourth-order valence-corrected chi connectivity index (χ4v) is 2.95. The minimum atomic E-state index is -0.0481. The van der Waals surface area contributed by atoms with Crippen molar-refractivity contribution in [1.82, 2.24) is 31.9 Å². The SMILES string of the molecule is CNCC(=O)NCCCCC(NC)C(C)=O.CNCC(=O)NCCCCC(NC)C(C)=O. The molecule has 0 radical (unpaired) electrons. The van der Waals surface area contributed by atoms with Crippen LogP contribution < -0.4 is 31.9 Å². The molecule has 0 saturated heterocycles. The van der Waals surface area contributed by atoms with Crippen molar-refractivity contribution in [2.75, 3.05) is 54.4 Å². The molecule has 6 N–H and O–H groups in total. The molecule has 2 amide bonds. The molecule has 0 spiro atoms. The number of ketones is 2. The average molecular weight is 459 g/mol. The van der Waals surface area contributed by atoms with Gasteiger partial charge in [-0.2, -0.15) is 0 Å². The third-order valence-corrected chi connectivity index (χ3v) is 4.84. The molecule has 0 aromatic rings. The standard InChI is InChI=1S/2C11H23N3O2/c2*1-9(15)10(13-3)6-4-5-7-14-11(16)8-12-2/h2*10,12-13H,4-8H2,1-3H3,(H,14,16). The normalized spacial score (nSPS) is 12.2. The molecule has 0 aromatic carbocycles. The largest absolute Gasteiger partial charge is 0.355 e. The van der Waals surface area contributed by atoms with E-state index in [0.717, 1.165) is 38.5 Å². The maximum Gasteiger partial charge on any atom is 0.233 e. The fraction of sp³-hybridized carbons (Fsp3) is 0.818. The highest BCUT2D eigenvalue weighted by atomic mass is 16.2. The van der Waals surface area contributed by atoms with Crippen molar-refractivity contribution in [3.63, 3.8) is 0 Å². The molecule has 0 aliphatic rings. The molecule has 2 atom stereocenters. The summed E-state index contributed by atoms with van der Waals surface area (Å²) in [6.45, 7) is 5.24. The summed E-state index contributed by atoms with van der Waals surface area (Å²) < 4.78 is 0. The zero-order valence-corrected chi connectivity index (χ0v) is 20.9. The van der Waals surface area contributed by atoms with Crippen LogP contribution in [-0.2, 0) is 19.2 Å². The number of amides is 2. The lowest BCUT2D eigenvalue weighted by Crippen LogP contribution is -2.34. The quantitative estimate of drug-likeness (QED) is 0.149. The highest BCUT2D eigenvalue weighted by molar-refractivity contribution is 5.81. The van der Waals surface area contributed by atoms with Gasteiger partial charge in [-0.15, -0.1) is 0 Å². The van der Waals surface area contributed by atoms with Crippen LogP contribution in [0.2, 0.25) is 0 Å². The van der Waals surface area contributed by atoms with E-state index in [1.165, 1.54) is 0 Å². The van der Waals surface area contributed by atoms with Crippen LogP contribution in [0.25, 0.3) is 0 Å². The van der Waals surface area contributed by atoms with Gasteiger partial charge in [0, 0.05) is 13.1 Å². The number of nitrogens with one attached hydrogen (secondary N) is 6. The molecule has 0 bridgehead atoms. The topological polar surface area (TPSA) is 140 Å². The molecule has 32 heavy (non-hydrogen) atoms. The van der Waals surface area contributed by atoms with Crippen LogP contribution in [0.3, 0.4) is 0 Å². The number of carbonyl (C=O) groups excluding carboxylic acids is 4. The number of rotatable bonds is 18. The first-order chi connectivity index (χ1) is 15.2. The predicted molar refractivity (Wildman–Crippen MR) is 129 cm³/mol. The van der Waals surface area contributed by atoms with Crippen molar-refractivity contribution < 1.29 is 19.2 Å². The second kappa shape index (κ2) is 22.3. The summed E-state index contributed by atoms with van der Waals surface area (Å²) in [7, 11) is 7.06. The van der Waals surface area contributed by atoms with Crippen molar-refractivity contribution in [2.24, 2.45) is 0 Å². The van der Waals surface area contributed by atoms with Gasteiger partial charge in [0.15, 0.2) is 0 Å². The van der Waals surface area contributed by atoms with Gasteiger partial charge in [0.1, 0.15) is 11.6 Å². The Balaban J connectivity index is 0. The lowest BCUT2D eigenvalue weighted by atomic mass is 10.1. The molecule has 0 rings (SSSR count). The Morgan fingerprint density at radius 3 is 1.19 bits per heavy atom. The maximum atomic E-state index is 11.1. The summed E-state index contributed by atoms with van der Waals surface area (Å²) in [6, 6.07) is -0.0963. The number of unbranched alkanes of at least 4 members (excludes halogenated alkanes) is 2. The molecule has 0 saturated carbocycles. The Kier molecular flexibility index (Phi) is 22.5. The molecular formula is C22H46N6O4. The third kappa shape index (κ3) is 20.0. The van der Waals surface area contributed by atoms with E-state index in [1.54, 1.807) is 42.0 Å². The lowest BCUT2D eigenvalue weighted by molar-refractivity contribution is -0.121. The van der Waals surface area contributed by atoms with Crippen LogP contribution >= 0.6 is 0 Å². The summed E-state index contributed by atoms with van der Waals surface area (Å²) in [4.78, 5) is 44.3. The zero-order valence-electron chi connectivity index (χ0n) is 20.9. The molecule has 0 aliphatic heterocycles. The highest BCUT2D eigenvalue weighted by Gasteiger charge is 2.11. The van der Waals surface area contributed by atoms with Crippen LogP contribution in [0.1, 0.15) is 52.4 Å². The van der Waals surface area contributed by atoms with Crippen molar-refractivity contribution in [1.29, 1.82) is 0 Å². The van der Waals surface area contributed by atoms with Crippen LogP contribution in [0, 0.1) is 0 Å². The van der Waals surface area contributed by atoms with Crippen molar-refractivity contribution in [3.05, 3.63) is 0 Å². The molecular weight excluding hydrogens is 412 g/mol. The Hall–Kier alpha value is -1.88. The van der Waals surface area contributed by atoms with Crippen LogP contribution in [0.4, 0.5) is 0 Å². The van der Waals surface area contributed by atoms with Gasteiger partial charge in [0.25, 0.3) is 0 Å². The first-order valence-electron chi connectivity index (χ1n) is 11.4. The maximum absolute atomic E-state index is 11.1. The molecule has 10 nitrogen and oxygen atoms in total. The Bertz CT molecular complexity index is 485. The third-order valence-electron chi connectivity index (χ3n) is 4.84. The summed E-state index contributed by atoms with van der Waals surface area (Å²) >= 11 is 0. The number of carbonyl (C=O) groups is 4. The van der Waals surface area contributed by atoms with E-state index in [-0.39, 0.29) is 35.5 Å². The molecule has 0 heterocycles. The van der Waals surface area contributed by atoms with Gasteiger partial charge >= 0.3 is 0 Å². The van der Waals surface area contributed by atoms with Gasteiger partial charge in [0.2, 0.25) is 11.8 Å². The number of hydrogen-bond donors (Lipinski definition) is 6. The fourth-order valence-electron chi connectivity index (χ4n) is 2.95. The Morgan fingerprint density at radius 1 is 0.594 bits per heavy atom. The first kappa shape index (κ1) is 32.3. The van der Waals surface area contributed by atoms with E-state index in [0.29, 0.717) is 26.2 Å². The Labute approximate surface area is 193 Å². The summed E-state index contributed by atoms with van der Waals surface area (Å²) in [5.41, 5.74) is 0. The lowest BCUT2D eigenvalue weighted by Gasteiger charge is -2.12. The van der Waals surface area contributed by atoms with Gasteiger partial charge < -0.3 is 31.9 Å². The van der Waals surface area contributed by atoms with Crippen LogP contribution in [-0.4, -0.2) is 89.8 Å². The number of hydrogen-bond acceptors (Lipinski definition) is 8. The monoisotopic (exact) mass is 458 g/mol.